The van der Waals surface area contributed by atoms with E-state index >= 15 is 0 Å². The average molecular weight is 1040 g/mol. The monoisotopic (exact) mass is 1040 g/mol. The highest BCUT2D eigenvalue weighted by molar-refractivity contribution is 5.71. The van der Waals surface area contributed by atoms with Crippen LogP contribution < -0.4 is 0 Å². The topological polar surface area (TPSA) is 481 Å². The molecule has 22 aliphatic rings. The highest BCUT2D eigenvalue weighted by Crippen LogP contribution is 2.38. The molecule has 0 aromatic carbocycles. The number of rotatable bonds is 8. The first-order chi connectivity index (χ1) is 33.7. The largest absolute Gasteiger partial charge is 0.456 e. The molecule has 0 aliphatic carbocycles. The van der Waals surface area contributed by atoms with Gasteiger partial charge in [0.1, 0.15) is 140 Å². The maximum Gasteiger partial charge on any atom is 0.308 e. The van der Waals surface area contributed by atoms with Gasteiger partial charge in [0.15, 0.2) is 43.8 Å². The molecule has 22 heterocycles. The Balaban J connectivity index is 1.23. The molecule has 31 heteroatoms. The van der Waals surface area contributed by atoms with Gasteiger partial charge in [0.2, 0.25) is 0 Å². The quantitative estimate of drug-likeness (QED) is 0.100. The molecule has 0 amide bonds. The predicted molar refractivity (Wildman–Crippen MR) is 215 cm³/mol. The summed E-state index contributed by atoms with van der Waals surface area (Å²) in [6, 6.07) is 0. The molecule has 22 fully saturated rings. The summed E-state index contributed by atoms with van der Waals surface area (Å²) in [4.78, 5) is 13.1. The van der Waals surface area contributed by atoms with Crippen LogP contribution in [0.1, 0.15) is 13.8 Å². The Morgan fingerprint density at radius 2 is 0.521 bits per heavy atom. The molecule has 30 atom stereocenters. The van der Waals surface area contributed by atoms with Crippen molar-refractivity contribution in [1.29, 1.82) is 0 Å². The summed E-state index contributed by atoms with van der Waals surface area (Å²) in [6.45, 7) is -3.26. The normalized spacial score (nSPS) is 52.3. The Bertz CT molecular complexity index is 1670. The SMILES string of the molecule is CC(C)C(=O)O[C@@H]1[C@@H](O)[C@H]2O[C@H]3[C@H](O)[C@@H](O)[C@@H](O[C@H]4[C@H](O)[C@@H](O)[C@@H](O[C@H]5[C@H](O)[C@@H](O)[C@@H](O[C@H]6[C@H](O)[C@@H](O)[C@@H](O[C@H]7[C@H](O)[C@@H](O)[C@@H](O[C@H]1[C@@H](CO)O2)O[C@@H]7CO)O[C@@H]6CO)O[C@@H]5CO)O[C@@H]4CO)O[C@@H]3CO. The highest BCUT2D eigenvalue weighted by Gasteiger charge is 2.59. The van der Waals surface area contributed by atoms with Crippen molar-refractivity contribution in [2.45, 2.75) is 198 Å². The van der Waals surface area contributed by atoms with Crippen LogP contribution in [0.4, 0.5) is 0 Å². The van der Waals surface area contributed by atoms with Crippen molar-refractivity contribution < 1.29 is 153 Å². The lowest BCUT2D eigenvalue weighted by Crippen LogP contribution is -2.69. The maximum atomic E-state index is 13.1. The van der Waals surface area contributed by atoms with E-state index in [4.69, 9.17) is 61.6 Å². The predicted octanol–water partition coefficient (Wildman–Crippen LogP) is -11.8. The molecule has 0 aromatic rings. The first-order valence-electron chi connectivity index (χ1n) is 22.9. The summed E-state index contributed by atoms with van der Waals surface area (Å²) >= 11 is 0. The van der Waals surface area contributed by atoms with Crippen LogP contribution in [0.5, 0.6) is 0 Å². The average Bonchev–Trinajstić information content (AvgIpc) is 3.35. The van der Waals surface area contributed by atoms with E-state index < -0.39 is 236 Å². The van der Waals surface area contributed by atoms with Crippen molar-refractivity contribution in [3.05, 3.63) is 0 Å². The lowest BCUT2D eigenvalue weighted by atomic mass is 9.94. The van der Waals surface area contributed by atoms with Crippen LogP contribution in [0.15, 0.2) is 0 Å². The molecule has 12 bridgehead atoms. The summed E-state index contributed by atoms with van der Waals surface area (Å²) in [7, 11) is 0. The van der Waals surface area contributed by atoms with Crippen LogP contribution in [-0.4, -0.2) is 317 Å². The molecule has 0 aromatic heterocycles. The molecular formula is C40H66O31. The van der Waals surface area contributed by atoms with E-state index in [2.05, 4.69) is 0 Å². The van der Waals surface area contributed by atoms with Gasteiger partial charge in [-0.25, -0.2) is 0 Å². The minimum Gasteiger partial charge on any atom is -0.456 e. The zero-order chi connectivity index (χ0) is 51.9. The second kappa shape index (κ2) is 24.1. The summed E-state index contributed by atoms with van der Waals surface area (Å²) in [6.07, 6.45) is -59.0. The van der Waals surface area contributed by atoms with E-state index in [1.807, 2.05) is 0 Å². The standard InChI is InChI=1S/C40H66O31/c1-9(2)34(58)65-33-26(57)40-64-15(8-46)32(33)71-39-25(56)20(51)30(13(6-44)63-39)69-37-23(54)18(49)28(11(4-42)61-37)67-35-21(52)16(47)27(10(3-41)59-35)66-36-22(53)17(48)29(12(5-43)60-36)68-38-24(55)19(50)31(70-40)14(7-45)62-38/h9-33,35-57H,3-8H2,1-2H3/t10-,11-,12-,13-,14-,15-,16-,17-,18-,19-,20-,21-,22-,23-,24-,25-,26-,27-,28-,29-,30-,31-,32+,33-,35-,36-,37-,38-,39-,40-/m1/s1. The van der Waals surface area contributed by atoms with E-state index in [1.54, 1.807) is 0 Å². The molecule has 22 saturated heterocycles. The minimum absolute atomic E-state index is 0.869. The first-order valence-corrected chi connectivity index (χ1v) is 22.9. The number of aliphatic hydroxyl groups excluding tert-OH is 17. The number of hydrogen-bond acceptors (Lipinski definition) is 31. The van der Waals surface area contributed by atoms with Crippen molar-refractivity contribution in [3.8, 4) is 0 Å². The van der Waals surface area contributed by atoms with Crippen LogP contribution in [0.25, 0.3) is 0 Å². The third kappa shape index (κ3) is 11.4. The van der Waals surface area contributed by atoms with E-state index in [0.717, 1.165) is 0 Å². The molecule has 0 radical (unpaired) electrons. The molecule has 71 heavy (non-hydrogen) atoms. The van der Waals surface area contributed by atoms with Crippen molar-refractivity contribution in [2.24, 2.45) is 5.92 Å². The molecule has 22 aliphatic heterocycles. The number of ether oxygens (including phenoxy) is 13. The Labute approximate surface area is 402 Å². The molecule has 31 nitrogen and oxygen atoms in total. The Hall–Kier alpha value is -1.69. The maximum absolute atomic E-state index is 13.1. The summed E-state index contributed by atoms with van der Waals surface area (Å²) in [5.74, 6) is -1.83. The Morgan fingerprint density at radius 3 is 0.732 bits per heavy atom. The Kier molecular flexibility index (Phi) is 19.4. The zero-order valence-corrected chi connectivity index (χ0v) is 38.0. The van der Waals surface area contributed by atoms with Gasteiger partial charge in [0.25, 0.3) is 0 Å². The summed E-state index contributed by atoms with van der Waals surface area (Å²) < 4.78 is 74.5. The van der Waals surface area contributed by atoms with Gasteiger partial charge in [-0.3, -0.25) is 4.79 Å². The third-order valence-electron chi connectivity index (χ3n) is 13.4. The lowest BCUT2D eigenvalue weighted by molar-refractivity contribution is -0.404. The van der Waals surface area contributed by atoms with Gasteiger partial charge in [0.05, 0.1) is 45.6 Å². The lowest BCUT2D eigenvalue weighted by Gasteiger charge is -2.51. The zero-order valence-electron chi connectivity index (χ0n) is 38.0. The molecule has 0 unspecified atom stereocenters. The fourth-order valence-electron chi connectivity index (χ4n) is 9.32. The molecule has 0 saturated carbocycles. The van der Waals surface area contributed by atoms with Crippen molar-refractivity contribution in [2.75, 3.05) is 39.6 Å². The third-order valence-corrected chi connectivity index (χ3v) is 13.4. The van der Waals surface area contributed by atoms with Crippen molar-refractivity contribution >= 4 is 5.97 Å². The number of aliphatic hydroxyl groups is 17. The number of carbonyl (C=O) groups is 1. The van der Waals surface area contributed by atoms with Gasteiger partial charge in [-0.2, -0.15) is 0 Å². The minimum atomic E-state index is -2.19. The first kappa shape index (κ1) is 57.0. The van der Waals surface area contributed by atoms with Gasteiger partial charge in [-0.15, -0.1) is 0 Å². The van der Waals surface area contributed by atoms with Gasteiger partial charge < -0.3 is 148 Å². The van der Waals surface area contributed by atoms with Gasteiger partial charge in [0, 0.05) is 0 Å². The van der Waals surface area contributed by atoms with E-state index in [-0.39, 0.29) is 0 Å². The van der Waals surface area contributed by atoms with Crippen molar-refractivity contribution in [1.82, 2.24) is 0 Å². The molecule has 412 valence electrons. The van der Waals surface area contributed by atoms with Gasteiger partial charge in [-0.1, -0.05) is 13.8 Å². The number of hydrogen-bond donors (Lipinski definition) is 17. The highest BCUT2D eigenvalue weighted by atomic mass is 16.8. The number of esters is 1. The summed E-state index contributed by atoms with van der Waals surface area (Å²) in [5.41, 5.74) is 0. The van der Waals surface area contributed by atoms with Crippen LogP contribution >= 0.6 is 0 Å². The number of carbonyl (C=O) groups excluding carboxylic acids is 1. The molecule has 17 N–H and O–H groups in total. The van der Waals surface area contributed by atoms with Gasteiger partial charge >= 0.3 is 5.97 Å². The second-order valence-corrected chi connectivity index (χ2v) is 18.4. The molecule has 22 rings (SSSR count). The van der Waals surface area contributed by atoms with Crippen LogP contribution in [-0.2, 0) is 66.4 Å². The van der Waals surface area contributed by atoms with Gasteiger partial charge in [-0.05, 0) is 0 Å². The van der Waals surface area contributed by atoms with E-state index in [0.29, 0.717) is 0 Å². The molecular weight excluding hydrogens is 976 g/mol. The van der Waals surface area contributed by atoms with Crippen LogP contribution in [0, 0.1) is 5.92 Å². The fraction of sp³-hybridized carbons (Fsp3) is 0.975. The second-order valence-electron chi connectivity index (χ2n) is 18.4. The Morgan fingerprint density at radius 1 is 0.324 bits per heavy atom. The molecule has 0 spiro atoms. The van der Waals surface area contributed by atoms with E-state index in [1.165, 1.54) is 13.8 Å². The van der Waals surface area contributed by atoms with E-state index in [9.17, 15) is 91.6 Å². The smallest absolute Gasteiger partial charge is 0.308 e. The summed E-state index contributed by atoms with van der Waals surface area (Å²) in [5, 5.41) is 187. The van der Waals surface area contributed by atoms with Crippen LogP contribution in [0.2, 0.25) is 0 Å². The van der Waals surface area contributed by atoms with Crippen LogP contribution in [0.3, 0.4) is 0 Å². The fourth-order valence-corrected chi connectivity index (χ4v) is 9.32. The van der Waals surface area contributed by atoms with Crippen molar-refractivity contribution in [3.63, 3.8) is 0 Å².